The molecule has 8 nitrogen and oxygen atoms in total. The van der Waals surface area contributed by atoms with Crippen LogP contribution in [0.4, 0.5) is 4.39 Å². The molecule has 3 aliphatic heterocycles. The van der Waals surface area contributed by atoms with Crippen LogP contribution in [0.2, 0.25) is 0 Å². The fraction of sp³-hybridized carbons (Fsp3) is 0.409. The van der Waals surface area contributed by atoms with Crippen LogP contribution in [-0.4, -0.2) is 72.5 Å². The number of pyridine rings is 1. The van der Waals surface area contributed by atoms with Gasteiger partial charge in [0.25, 0.3) is 11.8 Å². The van der Waals surface area contributed by atoms with Crippen molar-refractivity contribution < 1.29 is 18.7 Å². The van der Waals surface area contributed by atoms with Crippen LogP contribution in [0, 0.1) is 5.82 Å². The molecule has 0 bridgehead atoms. The van der Waals surface area contributed by atoms with E-state index in [4.69, 9.17) is 4.74 Å². The lowest BCUT2D eigenvalue weighted by Crippen LogP contribution is -2.31. The van der Waals surface area contributed by atoms with Crippen molar-refractivity contribution in [1.29, 1.82) is 0 Å². The standard InChI is InChI=1S/C22H24FN5O3/c1-3-14-7-18-19(27-21(14)29)6-13(9-25-18)11-28-5-4-15(12-28)31-16-8-17(23)20(26-10-16)22(30)24-2/h6-10,15,18H,3-5,11-12H2,1-2H3,(H,24,30)/t15-,18?/m1/s1. The number of nitrogens with one attached hydrogen (secondary N) is 1. The number of nitrogens with zero attached hydrogens (tertiary/aromatic N) is 4. The molecule has 162 valence electrons. The Balaban J connectivity index is 1.34. The molecule has 0 aliphatic carbocycles. The van der Waals surface area contributed by atoms with Gasteiger partial charge in [-0.3, -0.25) is 19.5 Å². The van der Waals surface area contributed by atoms with E-state index in [9.17, 15) is 14.0 Å². The maximum atomic E-state index is 14.1. The maximum absolute atomic E-state index is 14.1. The summed E-state index contributed by atoms with van der Waals surface area (Å²) in [5.74, 6) is -1.18. The molecular formula is C22H24FN5O3. The number of likely N-dealkylation sites (tertiary alicyclic amines) is 1. The number of fused-ring (bicyclic) bond motifs is 1. The first-order valence-corrected chi connectivity index (χ1v) is 10.3. The number of hydrogen-bond donors (Lipinski definition) is 1. The number of amides is 2. The molecule has 0 radical (unpaired) electrons. The number of aromatic nitrogens is 1. The second-order valence-electron chi connectivity index (χ2n) is 7.67. The molecule has 0 saturated carbocycles. The van der Waals surface area contributed by atoms with Gasteiger partial charge in [0, 0.05) is 44.5 Å². The summed E-state index contributed by atoms with van der Waals surface area (Å²) in [5.41, 5.74) is 2.12. The Morgan fingerprint density at radius 1 is 1.42 bits per heavy atom. The van der Waals surface area contributed by atoms with E-state index in [-0.39, 0.29) is 23.7 Å². The van der Waals surface area contributed by atoms with Crippen molar-refractivity contribution in [3.8, 4) is 5.75 Å². The van der Waals surface area contributed by atoms with Gasteiger partial charge in [0.1, 0.15) is 17.9 Å². The number of carbonyl (C=O) groups is 2. The van der Waals surface area contributed by atoms with Crippen molar-refractivity contribution in [2.24, 2.45) is 9.98 Å². The van der Waals surface area contributed by atoms with Crippen LogP contribution in [-0.2, 0) is 4.79 Å². The molecule has 1 fully saturated rings. The topological polar surface area (TPSA) is 96.2 Å². The number of ether oxygens (including phenoxy) is 1. The lowest BCUT2D eigenvalue weighted by molar-refractivity contribution is -0.114. The minimum absolute atomic E-state index is 0.107. The quantitative estimate of drug-likeness (QED) is 0.749. The van der Waals surface area contributed by atoms with Gasteiger partial charge in [0.15, 0.2) is 11.5 Å². The van der Waals surface area contributed by atoms with Gasteiger partial charge in [0.2, 0.25) is 0 Å². The van der Waals surface area contributed by atoms with Gasteiger partial charge in [-0.15, -0.1) is 0 Å². The maximum Gasteiger partial charge on any atom is 0.272 e. The van der Waals surface area contributed by atoms with Gasteiger partial charge in [-0.05, 0) is 30.6 Å². The van der Waals surface area contributed by atoms with Crippen molar-refractivity contribution >= 4 is 23.7 Å². The summed E-state index contributed by atoms with van der Waals surface area (Å²) in [6.07, 6.45) is 8.36. The monoisotopic (exact) mass is 425 g/mol. The molecule has 31 heavy (non-hydrogen) atoms. The molecule has 1 saturated heterocycles. The van der Waals surface area contributed by atoms with Gasteiger partial charge >= 0.3 is 0 Å². The molecular weight excluding hydrogens is 401 g/mol. The van der Waals surface area contributed by atoms with E-state index < -0.39 is 11.7 Å². The first-order chi connectivity index (χ1) is 15.0. The van der Waals surface area contributed by atoms with E-state index in [1.165, 1.54) is 19.3 Å². The Labute approximate surface area is 179 Å². The highest BCUT2D eigenvalue weighted by Crippen LogP contribution is 2.22. The van der Waals surface area contributed by atoms with Crippen LogP contribution in [0.15, 0.2) is 45.5 Å². The van der Waals surface area contributed by atoms with Gasteiger partial charge in [-0.1, -0.05) is 6.92 Å². The normalized spacial score (nSPS) is 23.1. The highest BCUT2D eigenvalue weighted by atomic mass is 19.1. The molecule has 1 aromatic heterocycles. The van der Waals surface area contributed by atoms with Crippen molar-refractivity contribution in [3.05, 3.63) is 47.1 Å². The van der Waals surface area contributed by atoms with E-state index >= 15 is 0 Å². The Kier molecular flexibility index (Phi) is 6.03. The largest absolute Gasteiger partial charge is 0.487 e. The summed E-state index contributed by atoms with van der Waals surface area (Å²) in [4.78, 5) is 38.4. The van der Waals surface area contributed by atoms with Crippen LogP contribution in [0.25, 0.3) is 0 Å². The molecule has 4 rings (SSSR count). The molecule has 1 N–H and O–H groups in total. The molecule has 2 amide bonds. The summed E-state index contributed by atoms with van der Waals surface area (Å²) >= 11 is 0. The van der Waals surface area contributed by atoms with Crippen LogP contribution in [0.1, 0.15) is 30.3 Å². The minimum Gasteiger partial charge on any atom is -0.487 e. The highest BCUT2D eigenvalue weighted by Gasteiger charge is 2.27. The van der Waals surface area contributed by atoms with Crippen LogP contribution in [0.3, 0.4) is 0 Å². The van der Waals surface area contributed by atoms with Crippen LogP contribution in [0.5, 0.6) is 5.75 Å². The number of carbonyl (C=O) groups excluding carboxylic acids is 2. The number of hydrogen-bond acceptors (Lipinski definition) is 6. The van der Waals surface area contributed by atoms with Gasteiger partial charge in [0.05, 0.1) is 11.9 Å². The zero-order valence-corrected chi connectivity index (χ0v) is 17.5. The van der Waals surface area contributed by atoms with Gasteiger partial charge in [-0.25, -0.2) is 14.4 Å². The fourth-order valence-corrected chi connectivity index (χ4v) is 3.86. The third kappa shape index (κ3) is 4.61. The zero-order valence-electron chi connectivity index (χ0n) is 17.5. The molecule has 0 spiro atoms. The van der Waals surface area contributed by atoms with E-state index in [2.05, 4.69) is 25.2 Å². The van der Waals surface area contributed by atoms with Crippen LogP contribution < -0.4 is 10.1 Å². The first-order valence-electron chi connectivity index (χ1n) is 10.3. The van der Waals surface area contributed by atoms with E-state index in [0.29, 0.717) is 36.5 Å². The highest BCUT2D eigenvalue weighted by molar-refractivity contribution is 6.16. The minimum atomic E-state index is -0.715. The molecule has 1 unspecified atom stereocenters. The average Bonchev–Trinajstić information content (AvgIpc) is 3.19. The molecule has 0 aromatic carbocycles. The number of dihydropyridines is 2. The Hall–Kier alpha value is -3.20. The summed E-state index contributed by atoms with van der Waals surface area (Å²) in [6, 6.07) is 1.01. The molecule has 9 heteroatoms. The number of rotatable bonds is 6. The van der Waals surface area contributed by atoms with Crippen LogP contribution >= 0.6 is 0 Å². The second kappa shape index (κ2) is 8.89. The SMILES string of the molecule is CCC1=CC2N=CC(CN3CC[C@@H](Oc4cnc(C(=O)NC)c(F)c4)C3)=CC2=NC1=O. The lowest BCUT2D eigenvalue weighted by Gasteiger charge is -2.22. The Bertz CT molecular complexity index is 1030. The Morgan fingerprint density at radius 2 is 2.26 bits per heavy atom. The van der Waals surface area contributed by atoms with E-state index in [1.807, 2.05) is 25.3 Å². The fourth-order valence-electron chi connectivity index (χ4n) is 3.86. The number of aliphatic imine (C=N–C) groups is 2. The van der Waals surface area contributed by atoms with Gasteiger partial charge < -0.3 is 10.1 Å². The molecule has 3 aliphatic rings. The predicted octanol–water partition coefficient (Wildman–Crippen LogP) is 1.73. The molecule has 2 atom stereocenters. The third-order valence-electron chi connectivity index (χ3n) is 5.48. The Morgan fingerprint density at radius 3 is 3.00 bits per heavy atom. The van der Waals surface area contributed by atoms with Crippen molar-refractivity contribution in [1.82, 2.24) is 15.2 Å². The predicted molar refractivity (Wildman–Crippen MR) is 114 cm³/mol. The van der Waals surface area contributed by atoms with E-state index in [1.54, 1.807) is 0 Å². The molecule has 1 aromatic rings. The summed E-state index contributed by atoms with van der Waals surface area (Å²) in [7, 11) is 1.42. The smallest absolute Gasteiger partial charge is 0.272 e. The third-order valence-corrected chi connectivity index (χ3v) is 5.48. The zero-order chi connectivity index (χ0) is 22.0. The summed E-state index contributed by atoms with van der Waals surface area (Å²) < 4.78 is 19.9. The summed E-state index contributed by atoms with van der Waals surface area (Å²) in [6.45, 7) is 4.08. The average molecular weight is 425 g/mol. The number of halogens is 1. The summed E-state index contributed by atoms with van der Waals surface area (Å²) in [5, 5.41) is 2.35. The second-order valence-corrected chi connectivity index (χ2v) is 7.67. The first kappa shape index (κ1) is 21.0. The lowest BCUT2D eigenvalue weighted by atomic mass is 9.98. The van der Waals surface area contributed by atoms with Crippen molar-refractivity contribution in [3.63, 3.8) is 0 Å². The van der Waals surface area contributed by atoms with Gasteiger partial charge in [-0.2, -0.15) is 0 Å². The van der Waals surface area contributed by atoms with Crippen molar-refractivity contribution in [2.45, 2.75) is 31.9 Å². The van der Waals surface area contributed by atoms with E-state index in [0.717, 1.165) is 18.5 Å². The van der Waals surface area contributed by atoms with Crippen molar-refractivity contribution in [2.75, 3.05) is 26.7 Å². The molecule has 4 heterocycles.